The number of rotatable bonds is 5. The van der Waals surface area contributed by atoms with Gasteiger partial charge in [-0.3, -0.25) is 4.18 Å². The first-order valence-electron chi connectivity index (χ1n) is 9.13. The average Bonchev–Trinajstić information content (AvgIpc) is 2.87. The smallest absolute Gasteiger partial charge is 0.297 e. The Kier molecular flexibility index (Phi) is 5.99. The lowest BCUT2D eigenvalue weighted by Gasteiger charge is -2.25. The predicted octanol–water partition coefficient (Wildman–Crippen LogP) is 4.83. The van der Waals surface area contributed by atoms with Gasteiger partial charge in [-0.25, -0.2) is 0 Å². The lowest BCUT2D eigenvalue weighted by atomic mass is 9.89. The molecule has 4 nitrogen and oxygen atoms in total. The Hall–Kier alpha value is -1.85. The van der Waals surface area contributed by atoms with Crippen molar-refractivity contribution in [1.82, 2.24) is 0 Å². The van der Waals surface area contributed by atoms with Crippen molar-refractivity contribution in [3.8, 4) is 5.75 Å². The summed E-state index contributed by atoms with van der Waals surface area (Å²) in [5, 5.41) is 0. The lowest BCUT2D eigenvalue weighted by molar-refractivity contribution is 0.168. The molecule has 0 heterocycles. The van der Waals surface area contributed by atoms with Gasteiger partial charge >= 0.3 is 0 Å². The summed E-state index contributed by atoms with van der Waals surface area (Å²) in [7, 11) is -2.13. The standard InChI is InChI=1S/C21H26O4S/c1-16-8-14-19(15-9-16)26(22,23)25-21-7-5-3-4-6-20(21)17-10-12-18(24-2)13-11-17/h8-15,20-21H,3-7H2,1-2H3/t20-,21-/m1/s1. The van der Waals surface area contributed by atoms with Crippen LogP contribution in [0, 0.1) is 6.92 Å². The van der Waals surface area contributed by atoms with Crippen molar-refractivity contribution in [2.24, 2.45) is 0 Å². The maximum Gasteiger partial charge on any atom is 0.297 e. The highest BCUT2D eigenvalue weighted by Gasteiger charge is 2.31. The maximum absolute atomic E-state index is 12.8. The van der Waals surface area contributed by atoms with Gasteiger partial charge in [-0.2, -0.15) is 8.42 Å². The second-order valence-corrected chi connectivity index (χ2v) is 8.49. The lowest BCUT2D eigenvalue weighted by Crippen LogP contribution is -2.25. The Balaban J connectivity index is 1.85. The van der Waals surface area contributed by atoms with E-state index >= 15 is 0 Å². The topological polar surface area (TPSA) is 52.6 Å². The average molecular weight is 375 g/mol. The van der Waals surface area contributed by atoms with Crippen LogP contribution < -0.4 is 4.74 Å². The molecule has 1 fully saturated rings. The van der Waals surface area contributed by atoms with Gasteiger partial charge in [-0.15, -0.1) is 0 Å². The number of ether oxygens (including phenoxy) is 1. The van der Waals surface area contributed by atoms with Crippen LogP contribution in [0.2, 0.25) is 0 Å². The molecule has 3 rings (SSSR count). The molecule has 1 saturated carbocycles. The molecule has 0 amide bonds. The van der Waals surface area contributed by atoms with E-state index < -0.39 is 10.1 Å². The summed E-state index contributed by atoms with van der Waals surface area (Å²) in [4.78, 5) is 0.223. The van der Waals surface area contributed by atoms with Crippen LogP contribution in [0.15, 0.2) is 53.4 Å². The highest BCUT2D eigenvalue weighted by molar-refractivity contribution is 7.86. The zero-order valence-electron chi connectivity index (χ0n) is 15.4. The van der Waals surface area contributed by atoms with Crippen LogP contribution in [0.3, 0.4) is 0 Å². The van der Waals surface area contributed by atoms with Crippen molar-refractivity contribution < 1.29 is 17.3 Å². The highest BCUT2D eigenvalue weighted by atomic mass is 32.2. The fourth-order valence-corrected chi connectivity index (χ4v) is 4.68. The molecule has 0 saturated heterocycles. The molecule has 26 heavy (non-hydrogen) atoms. The number of hydrogen-bond acceptors (Lipinski definition) is 4. The molecule has 140 valence electrons. The summed E-state index contributed by atoms with van der Waals surface area (Å²) in [6, 6.07) is 14.7. The molecular weight excluding hydrogens is 348 g/mol. The molecule has 0 unspecified atom stereocenters. The minimum absolute atomic E-state index is 0.0728. The largest absolute Gasteiger partial charge is 0.497 e. The SMILES string of the molecule is COc1ccc([C@H]2CCCCC[C@H]2OS(=O)(=O)c2ccc(C)cc2)cc1. The predicted molar refractivity (Wildman–Crippen MR) is 102 cm³/mol. The number of hydrogen-bond donors (Lipinski definition) is 0. The van der Waals surface area contributed by atoms with Gasteiger partial charge < -0.3 is 4.74 Å². The Bertz CT molecular complexity index is 810. The van der Waals surface area contributed by atoms with Crippen LogP contribution in [-0.4, -0.2) is 21.6 Å². The normalized spacial score (nSPS) is 21.2. The molecule has 1 aliphatic carbocycles. The van der Waals surface area contributed by atoms with Crippen LogP contribution in [0.5, 0.6) is 5.75 Å². The van der Waals surface area contributed by atoms with Gasteiger partial charge in [-0.1, -0.05) is 49.1 Å². The van der Waals surface area contributed by atoms with E-state index in [4.69, 9.17) is 8.92 Å². The quantitative estimate of drug-likeness (QED) is 0.556. The minimum atomic E-state index is -3.77. The van der Waals surface area contributed by atoms with Crippen molar-refractivity contribution in [3.63, 3.8) is 0 Å². The Morgan fingerprint density at radius 3 is 2.19 bits per heavy atom. The molecule has 2 atom stereocenters. The van der Waals surface area contributed by atoms with Gasteiger partial charge in [0.25, 0.3) is 10.1 Å². The number of methoxy groups -OCH3 is 1. The van der Waals surface area contributed by atoms with Crippen molar-refractivity contribution in [1.29, 1.82) is 0 Å². The van der Waals surface area contributed by atoms with Crippen LogP contribution in [0.4, 0.5) is 0 Å². The summed E-state index contributed by atoms with van der Waals surface area (Å²) < 4.78 is 36.5. The Morgan fingerprint density at radius 1 is 0.885 bits per heavy atom. The molecule has 5 heteroatoms. The third-order valence-corrected chi connectivity index (χ3v) is 6.41. The van der Waals surface area contributed by atoms with E-state index in [-0.39, 0.29) is 16.9 Å². The van der Waals surface area contributed by atoms with Crippen LogP contribution >= 0.6 is 0 Å². The van der Waals surface area contributed by atoms with Gasteiger partial charge in [0.1, 0.15) is 5.75 Å². The maximum atomic E-state index is 12.8. The van der Waals surface area contributed by atoms with Crippen LogP contribution in [0.1, 0.15) is 49.1 Å². The van der Waals surface area contributed by atoms with E-state index in [9.17, 15) is 8.42 Å². The fourth-order valence-electron chi connectivity index (χ4n) is 3.54. The van der Waals surface area contributed by atoms with Crippen molar-refractivity contribution >= 4 is 10.1 Å². The third kappa shape index (κ3) is 4.46. The first kappa shape index (κ1) is 18.9. The van der Waals surface area contributed by atoms with E-state index in [0.717, 1.165) is 49.0 Å². The zero-order chi connectivity index (χ0) is 18.6. The van der Waals surface area contributed by atoms with Crippen molar-refractivity contribution in [3.05, 3.63) is 59.7 Å². The van der Waals surface area contributed by atoms with Crippen LogP contribution in [-0.2, 0) is 14.3 Å². The Morgan fingerprint density at radius 2 is 1.54 bits per heavy atom. The molecule has 0 bridgehead atoms. The molecule has 2 aromatic carbocycles. The Labute approximate surface area is 156 Å². The monoisotopic (exact) mass is 374 g/mol. The summed E-state index contributed by atoms with van der Waals surface area (Å²) in [6.07, 6.45) is 4.53. The second-order valence-electron chi connectivity index (χ2n) is 6.92. The molecule has 0 N–H and O–H groups in total. The van der Waals surface area contributed by atoms with Crippen molar-refractivity contribution in [2.45, 2.75) is 55.9 Å². The van der Waals surface area contributed by atoms with Gasteiger partial charge in [-0.05, 0) is 49.6 Å². The first-order valence-corrected chi connectivity index (χ1v) is 10.5. The van der Waals surface area contributed by atoms with Crippen molar-refractivity contribution in [2.75, 3.05) is 7.11 Å². The van der Waals surface area contributed by atoms with Crippen LogP contribution in [0.25, 0.3) is 0 Å². The van der Waals surface area contributed by atoms with E-state index in [1.165, 1.54) is 0 Å². The zero-order valence-corrected chi connectivity index (χ0v) is 16.2. The molecule has 2 aromatic rings. The molecule has 1 aliphatic rings. The molecule has 0 spiro atoms. The molecule has 0 aromatic heterocycles. The van der Waals surface area contributed by atoms with E-state index in [1.54, 1.807) is 31.4 Å². The van der Waals surface area contributed by atoms with Gasteiger partial charge in [0.15, 0.2) is 0 Å². The summed E-state index contributed by atoms with van der Waals surface area (Å²) in [6.45, 7) is 1.93. The first-order chi connectivity index (χ1) is 12.5. The fraction of sp³-hybridized carbons (Fsp3) is 0.429. The van der Waals surface area contributed by atoms with Gasteiger partial charge in [0, 0.05) is 5.92 Å². The summed E-state index contributed by atoms with van der Waals surface area (Å²) in [5.41, 5.74) is 2.13. The van der Waals surface area contributed by atoms with E-state index in [2.05, 4.69) is 0 Å². The highest BCUT2D eigenvalue weighted by Crippen LogP contribution is 2.36. The number of benzene rings is 2. The molecular formula is C21H26O4S. The minimum Gasteiger partial charge on any atom is -0.497 e. The molecule has 0 aliphatic heterocycles. The summed E-state index contributed by atoms with van der Waals surface area (Å²) in [5.74, 6) is 0.871. The van der Waals surface area contributed by atoms with Gasteiger partial charge in [0.05, 0.1) is 18.1 Å². The third-order valence-electron chi connectivity index (χ3n) is 5.06. The number of aryl methyl sites for hydroxylation is 1. The molecule has 0 radical (unpaired) electrons. The second kappa shape index (κ2) is 8.23. The van der Waals surface area contributed by atoms with Gasteiger partial charge in [0.2, 0.25) is 0 Å². The van der Waals surface area contributed by atoms with E-state index in [0.29, 0.717) is 0 Å². The van der Waals surface area contributed by atoms with E-state index in [1.807, 2.05) is 31.2 Å². The summed E-state index contributed by atoms with van der Waals surface area (Å²) >= 11 is 0.